The first kappa shape index (κ1) is 24.9. The maximum atomic E-state index is 13.0. The number of amides is 1. The Hall–Kier alpha value is -2.77. The van der Waals surface area contributed by atoms with E-state index < -0.39 is 10.0 Å². The molecule has 0 radical (unpaired) electrons. The molecule has 0 unspecified atom stereocenters. The first-order valence-electron chi connectivity index (χ1n) is 10.8. The van der Waals surface area contributed by atoms with Gasteiger partial charge in [0.15, 0.2) is 0 Å². The first-order valence-corrected chi connectivity index (χ1v) is 13.5. The summed E-state index contributed by atoms with van der Waals surface area (Å²) in [6, 6.07) is 23.3. The number of rotatable bonds is 9. The van der Waals surface area contributed by atoms with Gasteiger partial charge in [-0.15, -0.1) is 11.8 Å². The predicted molar refractivity (Wildman–Crippen MR) is 136 cm³/mol. The molecule has 3 aromatic rings. The number of hydrogen-bond acceptors (Lipinski definition) is 4. The third-order valence-corrected chi connectivity index (χ3v) is 7.97. The fourth-order valence-electron chi connectivity index (χ4n) is 3.54. The maximum Gasteiger partial charge on any atom is 0.264 e. The number of thioether (sulfide) groups is 1. The lowest BCUT2D eigenvalue weighted by Crippen LogP contribution is -2.30. The van der Waals surface area contributed by atoms with Crippen molar-refractivity contribution in [3.05, 3.63) is 90.0 Å². The van der Waals surface area contributed by atoms with Crippen LogP contribution in [0.2, 0.25) is 0 Å². The van der Waals surface area contributed by atoms with E-state index in [0.29, 0.717) is 17.2 Å². The van der Waals surface area contributed by atoms with Gasteiger partial charge in [-0.2, -0.15) is 0 Å². The molecule has 1 N–H and O–H groups in total. The average molecular weight is 483 g/mol. The van der Waals surface area contributed by atoms with Crippen molar-refractivity contribution in [3.63, 3.8) is 0 Å². The zero-order valence-corrected chi connectivity index (χ0v) is 21.0. The van der Waals surface area contributed by atoms with Gasteiger partial charge in [0.2, 0.25) is 0 Å². The van der Waals surface area contributed by atoms with Crippen LogP contribution in [0.4, 0.5) is 5.69 Å². The Morgan fingerprint density at radius 3 is 2.09 bits per heavy atom. The molecular formula is C26H30N2O3S2. The summed E-state index contributed by atoms with van der Waals surface area (Å²) < 4.78 is 27.2. The number of hydrogen-bond donors (Lipinski definition) is 1. The molecule has 5 nitrogen and oxygen atoms in total. The molecule has 1 amide bonds. The van der Waals surface area contributed by atoms with E-state index in [4.69, 9.17) is 0 Å². The summed E-state index contributed by atoms with van der Waals surface area (Å²) in [4.78, 5) is 14.1. The van der Waals surface area contributed by atoms with E-state index in [1.165, 1.54) is 11.4 Å². The Morgan fingerprint density at radius 2 is 1.55 bits per heavy atom. The molecular weight excluding hydrogens is 452 g/mol. The zero-order valence-electron chi connectivity index (χ0n) is 19.4. The molecule has 0 fully saturated rings. The summed E-state index contributed by atoms with van der Waals surface area (Å²) in [5.41, 5.74) is 2.04. The monoisotopic (exact) mass is 482 g/mol. The Labute approximate surface area is 201 Å². The molecule has 0 aliphatic carbocycles. The Morgan fingerprint density at radius 1 is 0.939 bits per heavy atom. The van der Waals surface area contributed by atoms with Crippen LogP contribution in [-0.2, 0) is 10.0 Å². The SMILES string of the molecule is CSc1ccc(S(=O)(=O)N(C)c2ccc(C(=O)N[C@H](CC(C)C)c3ccccc3)cc2)cc1. The first-order chi connectivity index (χ1) is 15.7. The highest BCUT2D eigenvalue weighted by Gasteiger charge is 2.22. The summed E-state index contributed by atoms with van der Waals surface area (Å²) in [7, 11) is -2.18. The third kappa shape index (κ3) is 6.18. The van der Waals surface area contributed by atoms with E-state index in [1.807, 2.05) is 36.6 Å². The van der Waals surface area contributed by atoms with Gasteiger partial charge in [-0.25, -0.2) is 8.42 Å². The van der Waals surface area contributed by atoms with Gasteiger partial charge in [0.25, 0.3) is 15.9 Å². The molecule has 0 aliphatic rings. The number of carbonyl (C=O) groups is 1. The smallest absolute Gasteiger partial charge is 0.264 e. The Bertz CT molecular complexity index is 1160. The van der Waals surface area contributed by atoms with Crippen molar-refractivity contribution in [2.75, 3.05) is 17.6 Å². The van der Waals surface area contributed by atoms with Crippen LogP contribution in [0, 0.1) is 5.92 Å². The second kappa shape index (κ2) is 10.9. The summed E-state index contributed by atoms with van der Waals surface area (Å²) in [5.74, 6) is 0.232. The second-order valence-corrected chi connectivity index (χ2v) is 11.1. The number of sulfonamides is 1. The van der Waals surface area contributed by atoms with E-state index in [1.54, 1.807) is 60.3 Å². The predicted octanol–water partition coefficient (Wildman–Crippen LogP) is 5.75. The largest absolute Gasteiger partial charge is 0.345 e. The molecule has 3 aromatic carbocycles. The van der Waals surface area contributed by atoms with Crippen molar-refractivity contribution < 1.29 is 13.2 Å². The van der Waals surface area contributed by atoms with Gasteiger partial charge in [-0.3, -0.25) is 9.10 Å². The molecule has 0 saturated heterocycles. The highest BCUT2D eigenvalue weighted by Crippen LogP contribution is 2.25. The number of carbonyl (C=O) groups excluding carboxylic acids is 1. The zero-order chi connectivity index (χ0) is 24.0. The van der Waals surface area contributed by atoms with Gasteiger partial charge in [0, 0.05) is 17.5 Å². The van der Waals surface area contributed by atoms with Crippen LogP contribution in [0.15, 0.2) is 88.7 Å². The molecule has 33 heavy (non-hydrogen) atoms. The average Bonchev–Trinajstić information content (AvgIpc) is 2.83. The van der Waals surface area contributed by atoms with Crippen LogP contribution in [0.3, 0.4) is 0 Å². The lowest BCUT2D eigenvalue weighted by molar-refractivity contribution is 0.0932. The highest BCUT2D eigenvalue weighted by molar-refractivity contribution is 7.98. The molecule has 7 heteroatoms. The summed E-state index contributed by atoms with van der Waals surface area (Å²) >= 11 is 1.56. The summed E-state index contributed by atoms with van der Waals surface area (Å²) in [6.07, 6.45) is 2.77. The topological polar surface area (TPSA) is 66.5 Å². The molecule has 0 saturated carbocycles. The van der Waals surface area contributed by atoms with Crippen molar-refractivity contribution in [2.24, 2.45) is 5.92 Å². The van der Waals surface area contributed by atoms with Gasteiger partial charge in [-0.05, 0) is 72.7 Å². The van der Waals surface area contributed by atoms with Crippen LogP contribution in [0.5, 0.6) is 0 Å². The third-order valence-electron chi connectivity index (χ3n) is 5.43. The van der Waals surface area contributed by atoms with Crippen LogP contribution >= 0.6 is 11.8 Å². The van der Waals surface area contributed by atoms with Gasteiger partial charge in [0.05, 0.1) is 16.6 Å². The lowest BCUT2D eigenvalue weighted by Gasteiger charge is -2.22. The minimum Gasteiger partial charge on any atom is -0.345 e. The van der Waals surface area contributed by atoms with Gasteiger partial charge in [-0.1, -0.05) is 44.2 Å². The Balaban J connectivity index is 1.76. The molecule has 3 rings (SSSR count). The maximum absolute atomic E-state index is 13.0. The molecule has 0 heterocycles. The molecule has 0 aliphatic heterocycles. The molecule has 0 aromatic heterocycles. The van der Waals surface area contributed by atoms with Crippen LogP contribution < -0.4 is 9.62 Å². The van der Waals surface area contributed by atoms with Crippen molar-refractivity contribution >= 4 is 33.4 Å². The lowest BCUT2D eigenvalue weighted by atomic mass is 9.96. The molecule has 174 valence electrons. The number of benzene rings is 3. The quantitative estimate of drug-likeness (QED) is 0.394. The van der Waals surface area contributed by atoms with Crippen LogP contribution in [0.1, 0.15) is 42.2 Å². The van der Waals surface area contributed by atoms with Gasteiger partial charge in [0.1, 0.15) is 0 Å². The van der Waals surface area contributed by atoms with Crippen LogP contribution in [-0.4, -0.2) is 27.6 Å². The fourth-order valence-corrected chi connectivity index (χ4v) is 5.15. The van der Waals surface area contributed by atoms with Gasteiger partial charge >= 0.3 is 0 Å². The normalized spacial score (nSPS) is 12.4. The van der Waals surface area contributed by atoms with E-state index in [9.17, 15) is 13.2 Å². The molecule has 0 spiro atoms. The molecule has 1 atom stereocenters. The van der Waals surface area contributed by atoms with E-state index in [2.05, 4.69) is 19.2 Å². The standard InChI is InChI=1S/C26H30N2O3S2/c1-19(2)18-25(20-8-6-5-7-9-20)27-26(29)21-10-12-22(13-11-21)28(3)33(30,31)24-16-14-23(32-4)15-17-24/h5-17,19,25H,18H2,1-4H3,(H,27,29)/t25-/m1/s1. The number of nitrogens with zero attached hydrogens (tertiary/aromatic N) is 1. The minimum atomic E-state index is -3.70. The van der Waals surface area contributed by atoms with E-state index >= 15 is 0 Å². The number of anilines is 1. The van der Waals surface area contributed by atoms with Crippen molar-refractivity contribution in [1.29, 1.82) is 0 Å². The summed E-state index contributed by atoms with van der Waals surface area (Å²) in [6.45, 7) is 4.25. The second-order valence-electron chi connectivity index (χ2n) is 8.26. The van der Waals surface area contributed by atoms with Gasteiger partial charge < -0.3 is 5.32 Å². The van der Waals surface area contributed by atoms with Crippen LogP contribution in [0.25, 0.3) is 0 Å². The number of nitrogens with one attached hydrogen (secondary N) is 1. The Kier molecular flexibility index (Phi) is 8.21. The van der Waals surface area contributed by atoms with Crippen molar-refractivity contribution in [3.8, 4) is 0 Å². The fraction of sp³-hybridized carbons (Fsp3) is 0.269. The van der Waals surface area contributed by atoms with E-state index in [0.717, 1.165) is 16.9 Å². The molecule has 0 bridgehead atoms. The minimum absolute atomic E-state index is 0.0920. The van der Waals surface area contributed by atoms with Crippen molar-refractivity contribution in [1.82, 2.24) is 5.32 Å². The van der Waals surface area contributed by atoms with E-state index in [-0.39, 0.29) is 16.8 Å². The highest BCUT2D eigenvalue weighted by atomic mass is 32.2. The summed E-state index contributed by atoms with van der Waals surface area (Å²) in [5, 5.41) is 3.12. The van der Waals surface area contributed by atoms with Crippen molar-refractivity contribution in [2.45, 2.75) is 36.1 Å².